The molecule has 0 aliphatic heterocycles. The monoisotopic (exact) mass is 941 g/mol. The molecule has 0 saturated heterocycles. The number of hydrogen-bond donors (Lipinski definition) is 4. The summed E-state index contributed by atoms with van der Waals surface area (Å²) in [5, 5.41) is 36.5. The number of hydrogen-bond acceptors (Lipinski definition) is 13. The Morgan fingerprint density at radius 1 is 0.896 bits per heavy atom. The van der Waals surface area contributed by atoms with Crippen LogP contribution in [0.3, 0.4) is 0 Å². The first-order chi connectivity index (χ1) is 31.8. The maximum Gasteiger partial charge on any atom is 0.316 e. The minimum absolute atomic E-state index is 0.0271. The molecular formula is C49H47N7O9S2. The van der Waals surface area contributed by atoms with Crippen LogP contribution in [0.25, 0.3) is 16.5 Å². The van der Waals surface area contributed by atoms with Gasteiger partial charge in [0.15, 0.2) is 15.6 Å². The first kappa shape index (κ1) is 47.2. The Morgan fingerprint density at radius 3 is 2.31 bits per heavy atom. The normalized spacial score (nSPS) is 12.1. The molecule has 67 heavy (non-hydrogen) atoms. The Bertz CT molecular complexity index is 3310. The van der Waals surface area contributed by atoms with Gasteiger partial charge in [-0.05, 0) is 92.2 Å². The molecule has 0 fully saturated rings. The number of amides is 1. The lowest BCUT2D eigenvalue weighted by atomic mass is 9.91. The Morgan fingerprint density at radius 2 is 1.63 bits per heavy atom. The molecule has 0 radical (unpaired) electrons. The smallest absolute Gasteiger partial charge is 0.316 e. The fraction of sp³-hybridized carbons (Fsp3) is 0.204. The molecule has 1 amide bonds. The number of aryl methyl sites for hydroxylation is 2. The number of ether oxygens (including phenoxy) is 1. The van der Waals surface area contributed by atoms with Gasteiger partial charge in [-0.3, -0.25) is 14.3 Å². The van der Waals surface area contributed by atoms with Crippen molar-refractivity contribution >= 4 is 71.9 Å². The summed E-state index contributed by atoms with van der Waals surface area (Å²) in [6.45, 7) is 11.4. The fourth-order valence-corrected chi connectivity index (χ4v) is 8.37. The van der Waals surface area contributed by atoms with Gasteiger partial charge in [0.25, 0.3) is 5.56 Å². The minimum Gasteiger partial charge on any atom is -0.505 e. The second-order valence-electron chi connectivity index (χ2n) is 16.6. The summed E-state index contributed by atoms with van der Waals surface area (Å²) in [7, 11) is -3.60. The van der Waals surface area contributed by atoms with E-state index in [2.05, 4.69) is 25.6 Å². The quantitative estimate of drug-likeness (QED) is 0.0558. The number of benzene rings is 6. The van der Waals surface area contributed by atoms with E-state index in [0.717, 1.165) is 17.4 Å². The standard InChI is InChI=1S/C49H47N7O9S2/c1-8-44(57)52-42-26-41(54-53-39-21-20-36(67(7,61)62)24-31(39)27-50)45-37(46(42)58)13-10-14-40(45)51-33-11-9-12-35(25-33)65-66(60)55-32-16-18-34(19-17-32)63-28-38-47(49(4,5)6)64-56(48(38)59)43-22-15-29(2)23-30(43)3/h9-26,51,55,58H,8,28H2,1-7H3,(H,52,57). The number of phenolic OH excluding ortho intramolecular Hbond substituents is 1. The summed E-state index contributed by atoms with van der Waals surface area (Å²) >= 11 is -2.05. The van der Waals surface area contributed by atoms with Gasteiger partial charge in [-0.25, -0.2) is 8.42 Å². The van der Waals surface area contributed by atoms with E-state index in [1.807, 2.05) is 58.9 Å². The molecule has 18 heteroatoms. The minimum atomic E-state index is -3.60. The van der Waals surface area contributed by atoms with Gasteiger partial charge >= 0.3 is 11.3 Å². The maximum absolute atomic E-state index is 13.7. The van der Waals surface area contributed by atoms with Crippen molar-refractivity contribution in [3.63, 3.8) is 0 Å². The summed E-state index contributed by atoms with van der Waals surface area (Å²) in [6.07, 6.45) is 1.17. The molecule has 4 N–H and O–H groups in total. The van der Waals surface area contributed by atoms with Crippen LogP contribution in [-0.4, -0.2) is 34.6 Å². The van der Waals surface area contributed by atoms with Crippen LogP contribution in [-0.2, 0) is 37.9 Å². The van der Waals surface area contributed by atoms with Crippen molar-refractivity contribution in [1.82, 2.24) is 4.74 Å². The molecule has 16 nitrogen and oxygen atoms in total. The average Bonchev–Trinajstić information content (AvgIpc) is 3.62. The number of carbonyl (C=O) groups is 1. The van der Waals surface area contributed by atoms with Gasteiger partial charge in [0.1, 0.15) is 35.6 Å². The number of phenols is 1. The first-order valence-electron chi connectivity index (χ1n) is 20.9. The van der Waals surface area contributed by atoms with E-state index in [9.17, 15) is 32.6 Å². The summed E-state index contributed by atoms with van der Waals surface area (Å²) < 4.78 is 59.5. The molecule has 1 aromatic heterocycles. The van der Waals surface area contributed by atoms with Crippen LogP contribution in [0.1, 0.15) is 62.1 Å². The predicted molar refractivity (Wildman–Crippen MR) is 258 cm³/mol. The molecule has 1 atom stereocenters. The molecular weight excluding hydrogens is 895 g/mol. The van der Waals surface area contributed by atoms with Gasteiger partial charge in [0.2, 0.25) is 5.91 Å². The van der Waals surface area contributed by atoms with E-state index in [-0.39, 0.29) is 63.5 Å². The van der Waals surface area contributed by atoms with Gasteiger partial charge in [-0.1, -0.05) is 63.6 Å². The van der Waals surface area contributed by atoms with Gasteiger partial charge in [-0.15, -0.1) is 15.0 Å². The lowest BCUT2D eigenvalue weighted by molar-refractivity contribution is -0.115. The number of anilines is 4. The number of azo groups is 1. The number of sulfone groups is 1. The van der Waals surface area contributed by atoms with Crippen LogP contribution in [0.15, 0.2) is 134 Å². The zero-order valence-electron chi connectivity index (χ0n) is 37.6. The third-order valence-corrected chi connectivity index (χ3v) is 12.2. The highest BCUT2D eigenvalue weighted by Gasteiger charge is 2.29. The van der Waals surface area contributed by atoms with Crippen molar-refractivity contribution in [2.75, 3.05) is 21.6 Å². The zero-order valence-corrected chi connectivity index (χ0v) is 39.3. The number of nitrogens with zero attached hydrogens (tertiary/aromatic N) is 4. The van der Waals surface area contributed by atoms with Crippen LogP contribution in [0, 0.1) is 25.2 Å². The molecule has 0 bridgehead atoms. The van der Waals surface area contributed by atoms with Crippen LogP contribution >= 0.6 is 0 Å². The number of nitrogens with one attached hydrogen (secondary N) is 3. The molecule has 0 spiro atoms. The SMILES string of the molecule is CCC(=O)Nc1cc(N=Nc2ccc(S(C)(=O)=O)cc2C#N)c2c(Nc3cccc(OS(=O)Nc4ccc(OCc5c(C(C)(C)C)on(-c6ccc(C)cc6C)c5=O)cc4)c3)cccc2c1O. The van der Waals surface area contributed by atoms with Gasteiger partial charge in [0.05, 0.1) is 33.1 Å². The van der Waals surface area contributed by atoms with Crippen molar-refractivity contribution in [2.24, 2.45) is 10.2 Å². The second kappa shape index (κ2) is 19.4. The highest BCUT2D eigenvalue weighted by Crippen LogP contribution is 2.44. The number of nitriles is 1. The largest absolute Gasteiger partial charge is 0.505 e. The van der Waals surface area contributed by atoms with Crippen molar-refractivity contribution in [3.05, 3.63) is 148 Å². The van der Waals surface area contributed by atoms with Crippen LogP contribution in [0.5, 0.6) is 17.2 Å². The molecule has 0 aliphatic rings. The molecule has 7 rings (SSSR count). The molecule has 7 aromatic rings. The van der Waals surface area contributed by atoms with Crippen molar-refractivity contribution in [2.45, 2.75) is 64.9 Å². The average molecular weight is 942 g/mol. The molecule has 1 heterocycles. The molecule has 0 saturated carbocycles. The number of aromatic hydroxyl groups is 1. The Balaban J connectivity index is 1.07. The van der Waals surface area contributed by atoms with Gasteiger partial charge in [0, 0.05) is 52.0 Å². The number of rotatable bonds is 15. The maximum atomic E-state index is 13.7. The Kier molecular flexibility index (Phi) is 13.7. The van der Waals surface area contributed by atoms with Gasteiger partial charge in [-0.2, -0.15) is 9.47 Å². The van der Waals surface area contributed by atoms with Crippen LogP contribution in [0.4, 0.5) is 34.1 Å². The molecule has 344 valence electrons. The lowest BCUT2D eigenvalue weighted by Gasteiger charge is -2.16. The Hall–Kier alpha value is -7.75. The predicted octanol–water partition coefficient (Wildman–Crippen LogP) is 10.6. The van der Waals surface area contributed by atoms with E-state index >= 15 is 0 Å². The summed E-state index contributed by atoms with van der Waals surface area (Å²) in [4.78, 5) is 26.0. The number of fused-ring (bicyclic) bond motifs is 1. The van der Waals surface area contributed by atoms with Crippen molar-refractivity contribution < 1.29 is 36.0 Å². The molecule has 1 unspecified atom stereocenters. The summed E-state index contributed by atoms with van der Waals surface area (Å²) in [5.41, 5.74) is 4.04. The molecule has 6 aromatic carbocycles. The van der Waals surface area contributed by atoms with Gasteiger partial charge < -0.3 is 29.2 Å². The number of carbonyl (C=O) groups excluding carboxylic acids is 1. The highest BCUT2D eigenvalue weighted by atomic mass is 32.2. The van der Waals surface area contributed by atoms with E-state index in [1.165, 1.54) is 29.0 Å². The van der Waals surface area contributed by atoms with Crippen molar-refractivity contribution in [1.29, 1.82) is 5.26 Å². The van der Waals surface area contributed by atoms with Crippen molar-refractivity contribution in [3.8, 4) is 29.0 Å². The summed E-state index contributed by atoms with van der Waals surface area (Å²) in [5.74, 6) is 0.651. The lowest BCUT2D eigenvalue weighted by Crippen LogP contribution is -2.20. The third-order valence-electron chi connectivity index (χ3n) is 10.4. The van der Waals surface area contributed by atoms with Crippen LogP contribution in [0.2, 0.25) is 0 Å². The third kappa shape index (κ3) is 10.9. The van der Waals surface area contributed by atoms with Crippen LogP contribution < -0.4 is 29.8 Å². The highest BCUT2D eigenvalue weighted by molar-refractivity contribution is 7.90. The summed E-state index contributed by atoms with van der Waals surface area (Å²) in [6, 6.07) is 31.5. The molecule has 0 aliphatic carbocycles. The van der Waals surface area contributed by atoms with E-state index in [1.54, 1.807) is 73.7 Å². The van der Waals surface area contributed by atoms with E-state index in [0.29, 0.717) is 50.6 Å². The van der Waals surface area contributed by atoms with E-state index in [4.69, 9.17) is 13.4 Å². The first-order valence-corrected chi connectivity index (χ1v) is 23.8. The Labute approximate surface area is 389 Å². The van der Waals surface area contributed by atoms with E-state index < -0.39 is 26.5 Å². The fourth-order valence-electron chi connectivity index (χ4n) is 7.07. The second-order valence-corrected chi connectivity index (χ2v) is 19.5. The zero-order chi connectivity index (χ0) is 48.2. The number of aromatic nitrogens is 1. The topological polar surface area (TPSA) is 227 Å².